The molecular weight excluding hydrogens is 284 g/mol. The van der Waals surface area contributed by atoms with Gasteiger partial charge in [0.2, 0.25) is 0 Å². The van der Waals surface area contributed by atoms with E-state index in [9.17, 15) is 0 Å². The summed E-state index contributed by atoms with van der Waals surface area (Å²) in [5.74, 6) is 1.77. The molecule has 0 saturated carbocycles. The molecule has 5 rings (SSSR count). The van der Waals surface area contributed by atoms with Crippen molar-refractivity contribution in [3.63, 3.8) is 0 Å². The number of hydrogen-bond donors (Lipinski definition) is 1. The smallest absolute Gasteiger partial charge is 0.152 e. The Morgan fingerprint density at radius 3 is 2.78 bits per heavy atom. The summed E-state index contributed by atoms with van der Waals surface area (Å²) >= 11 is 0. The van der Waals surface area contributed by atoms with Crippen LogP contribution in [0.5, 0.6) is 11.5 Å². The average molecular weight is 300 g/mol. The van der Waals surface area contributed by atoms with Gasteiger partial charge >= 0.3 is 0 Å². The molecule has 1 aliphatic carbocycles. The van der Waals surface area contributed by atoms with E-state index in [1.807, 2.05) is 49.4 Å². The number of nitrogens with two attached hydrogens (primary N) is 1. The van der Waals surface area contributed by atoms with Crippen molar-refractivity contribution < 1.29 is 4.74 Å². The minimum Gasteiger partial charge on any atom is -0.453 e. The van der Waals surface area contributed by atoms with Crippen molar-refractivity contribution in [1.82, 2.24) is 4.57 Å². The van der Waals surface area contributed by atoms with E-state index in [4.69, 9.17) is 10.5 Å². The number of nitrogens with zero attached hydrogens (tertiary/aromatic N) is 1. The van der Waals surface area contributed by atoms with Gasteiger partial charge in [-0.3, -0.25) is 0 Å². The third-order valence-electron chi connectivity index (χ3n) is 4.52. The summed E-state index contributed by atoms with van der Waals surface area (Å²) in [5.41, 5.74) is 8.08. The van der Waals surface area contributed by atoms with Crippen LogP contribution in [0.15, 0.2) is 54.6 Å². The Morgan fingerprint density at radius 1 is 1.04 bits per heavy atom. The number of para-hydroxylation sites is 3. The van der Waals surface area contributed by atoms with Crippen LogP contribution in [0.25, 0.3) is 28.7 Å². The van der Waals surface area contributed by atoms with Crippen LogP contribution >= 0.6 is 0 Å². The standard InChI is InChI=1S/C20H16N2O/c1-20(21)11-5-8-15-14(12-20)13-6-4-10-18-19(13)22(15)16-7-2-3-9-17(16)23-18/h2-12H,21H2,1H3. The Morgan fingerprint density at radius 2 is 1.87 bits per heavy atom. The summed E-state index contributed by atoms with van der Waals surface area (Å²) < 4.78 is 8.39. The first-order chi connectivity index (χ1) is 11.1. The van der Waals surface area contributed by atoms with Crippen LogP contribution in [0, 0.1) is 0 Å². The lowest BCUT2D eigenvalue weighted by atomic mass is 10.0. The van der Waals surface area contributed by atoms with E-state index in [1.54, 1.807) is 0 Å². The number of fused-ring (bicyclic) bond motifs is 5. The van der Waals surface area contributed by atoms with Crippen LogP contribution in [-0.4, -0.2) is 10.1 Å². The van der Waals surface area contributed by atoms with Crippen molar-refractivity contribution >= 4 is 23.1 Å². The van der Waals surface area contributed by atoms with Crippen LogP contribution in [0.4, 0.5) is 0 Å². The maximum absolute atomic E-state index is 6.38. The second-order valence-corrected chi connectivity index (χ2v) is 6.39. The van der Waals surface area contributed by atoms with Crippen molar-refractivity contribution in [2.24, 2.45) is 5.73 Å². The summed E-state index contributed by atoms with van der Waals surface area (Å²) in [5, 5.41) is 3.48. The van der Waals surface area contributed by atoms with Gasteiger partial charge in [0.05, 0.1) is 22.1 Å². The van der Waals surface area contributed by atoms with Gasteiger partial charge in [-0.1, -0.05) is 42.5 Å². The summed E-state index contributed by atoms with van der Waals surface area (Å²) in [6.07, 6.45) is 8.35. The molecule has 3 aromatic rings. The lowest BCUT2D eigenvalue weighted by Gasteiger charge is -2.20. The van der Waals surface area contributed by atoms with Crippen molar-refractivity contribution in [2.75, 3.05) is 0 Å². The van der Waals surface area contributed by atoms with Crippen molar-refractivity contribution in [1.29, 1.82) is 0 Å². The average Bonchev–Trinajstić information content (AvgIpc) is 2.73. The minimum atomic E-state index is -0.467. The predicted molar refractivity (Wildman–Crippen MR) is 93.3 cm³/mol. The normalized spacial score (nSPS) is 20.8. The minimum absolute atomic E-state index is 0.467. The molecule has 0 radical (unpaired) electrons. The number of aromatic nitrogens is 1. The first-order valence-corrected chi connectivity index (χ1v) is 7.76. The lowest BCUT2D eigenvalue weighted by molar-refractivity contribution is 0.475. The summed E-state index contributed by atoms with van der Waals surface area (Å²) in [6.45, 7) is 2.02. The maximum atomic E-state index is 6.38. The van der Waals surface area contributed by atoms with Crippen LogP contribution in [0.1, 0.15) is 6.92 Å². The molecule has 0 fully saturated rings. The molecule has 112 valence electrons. The molecule has 2 N–H and O–H groups in total. The van der Waals surface area contributed by atoms with Crippen LogP contribution in [0.3, 0.4) is 0 Å². The second kappa shape index (κ2) is 4.15. The van der Waals surface area contributed by atoms with Gasteiger partial charge in [0.1, 0.15) is 0 Å². The Kier molecular flexibility index (Phi) is 2.30. The van der Waals surface area contributed by atoms with Gasteiger partial charge in [-0.25, -0.2) is 0 Å². The molecule has 1 aromatic heterocycles. The molecule has 3 nitrogen and oxygen atoms in total. The fourth-order valence-corrected chi connectivity index (χ4v) is 3.55. The Hall–Kier alpha value is -2.78. The van der Waals surface area contributed by atoms with E-state index >= 15 is 0 Å². The third-order valence-corrected chi connectivity index (χ3v) is 4.52. The number of ether oxygens (including phenoxy) is 1. The Balaban J connectivity index is 2.08. The molecule has 2 aromatic carbocycles. The van der Waals surface area contributed by atoms with Gasteiger partial charge in [0.15, 0.2) is 11.5 Å². The zero-order chi connectivity index (χ0) is 15.6. The van der Waals surface area contributed by atoms with Crippen LogP contribution in [-0.2, 0) is 0 Å². The highest BCUT2D eigenvalue weighted by Gasteiger charge is 2.23. The number of allylic oxidation sites excluding steroid dienone is 1. The third kappa shape index (κ3) is 1.68. The van der Waals surface area contributed by atoms with Gasteiger partial charge < -0.3 is 15.0 Å². The number of hydrogen-bond acceptors (Lipinski definition) is 2. The fourth-order valence-electron chi connectivity index (χ4n) is 3.55. The summed E-state index contributed by atoms with van der Waals surface area (Å²) in [4.78, 5) is 0. The van der Waals surface area contributed by atoms with E-state index in [1.165, 1.54) is 5.39 Å². The Bertz CT molecular complexity index is 1120. The van der Waals surface area contributed by atoms with Crippen LogP contribution in [0.2, 0.25) is 0 Å². The summed E-state index contributed by atoms with van der Waals surface area (Å²) in [7, 11) is 0. The highest BCUT2D eigenvalue weighted by Crippen LogP contribution is 2.38. The molecule has 2 aliphatic rings. The molecule has 0 spiro atoms. The van der Waals surface area contributed by atoms with Crippen molar-refractivity contribution in [3.8, 4) is 17.2 Å². The predicted octanol–water partition coefficient (Wildman–Crippen LogP) is 2.58. The zero-order valence-electron chi connectivity index (χ0n) is 12.8. The first kappa shape index (κ1) is 12.7. The monoisotopic (exact) mass is 300 g/mol. The van der Waals surface area contributed by atoms with Crippen molar-refractivity contribution in [2.45, 2.75) is 12.5 Å². The van der Waals surface area contributed by atoms with E-state index in [0.29, 0.717) is 0 Å². The molecular formula is C20H16N2O. The number of benzene rings is 2. The van der Waals surface area contributed by atoms with Gasteiger partial charge in [0.25, 0.3) is 0 Å². The molecule has 1 atom stereocenters. The Labute approximate surface area is 133 Å². The summed E-state index contributed by atoms with van der Waals surface area (Å²) in [6, 6.07) is 14.3. The fraction of sp³-hybridized carbons (Fsp3) is 0.100. The second-order valence-electron chi connectivity index (χ2n) is 6.39. The zero-order valence-corrected chi connectivity index (χ0v) is 12.8. The molecule has 0 amide bonds. The van der Waals surface area contributed by atoms with E-state index in [-0.39, 0.29) is 0 Å². The quantitative estimate of drug-likeness (QED) is 0.542. The number of rotatable bonds is 0. The molecule has 23 heavy (non-hydrogen) atoms. The molecule has 1 aliphatic heterocycles. The SMILES string of the molecule is CC1(N)C=CC=c2c(c3cccc4c3n2-c2ccccc2O4)=C1. The molecule has 1 unspecified atom stereocenters. The van der Waals surface area contributed by atoms with E-state index < -0.39 is 5.54 Å². The molecule has 0 bridgehead atoms. The van der Waals surface area contributed by atoms with Crippen molar-refractivity contribution in [3.05, 3.63) is 65.2 Å². The van der Waals surface area contributed by atoms with E-state index in [0.717, 1.165) is 33.3 Å². The van der Waals surface area contributed by atoms with Gasteiger partial charge in [-0.2, -0.15) is 0 Å². The van der Waals surface area contributed by atoms with Gasteiger partial charge in [-0.05, 0) is 31.2 Å². The van der Waals surface area contributed by atoms with Gasteiger partial charge in [0, 0.05) is 10.6 Å². The molecule has 2 heterocycles. The van der Waals surface area contributed by atoms with Gasteiger partial charge in [-0.15, -0.1) is 0 Å². The molecule has 0 saturated heterocycles. The lowest BCUT2D eigenvalue weighted by Crippen LogP contribution is -2.36. The highest BCUT2D eigenvalue weighted by atomic mass is 16.5. The largest absolute Gasteiger partial charge is 0.453 e. The van der Waals surface area contributed by atoms with E-state index in [2.05, 4.69) is 28.9 Å². The van der Waals surface area contributed by atoms with Crippen LogP contribution < -0.4 is 21.0 Å². The first-order valence-electron chi connectivity index (χ1n) is 7.76. The highest BCUT2D eigenvalue weighted by molar-refractivity contribution is 5.91. The topological polar surface area (TPSA) is 40.2 Å². The maximum Gasteiger partial charge on any atom is 0.152 e. The molecule has 3 heteroatoms.